The maximum atomic E-state index is 13.2. The number of pyridine rings is 1. The van der Waals surface area contributed by atoms with Crippen molar-refractivity contribution in [1.29, 1.82) is 0 Å². The maximum Gasteiger partial charge on any atom is 0.216 e. The lowest BCUT2D eigenvalue weighted by Gasteiger charge is -2.31. The zero-order valence-corrected chi connectivity index (χ0v) is 15.1. The minimum Gasteiger partial charge on any atom is -0.357 e. The van der Waals surface area contributed by atoms with Crippen LogP contribution in [-0.4, -0.2) is 29.2 Å². The molecule has 1 aliphatic carbocycles. The molecular formula is C17H24FN3O2S. The van der Waals surface area contributed by atoms with Crippen LogP contribution in [0.3, 0.4) is 0 Å². The summed E-state index contributed by atoms with van der Waals surface area (Å²) in [7, 11) is -3.31. The second kappa shape index (κ2) is 6.11. The Morgan fingerprint density at radius 2 is 1.88 bits per heavy atom. The third kappa shape index (κ3) is 3.47. The van der Waals surface area contributed by atoms with Crippen molar-refractivity contribution in [1.82, 2.24) is 14.7 Å². The smallest absolute Gasteiger partial charge is 0.216 e. The molecule has 0 amide bonds. The van der Waals surface area contributed by atoms with E-state index in [0.29, 0.717) is 11.4 Å². The Labute approximate surface area is 142 Å². The lowest BCUT2D eigenvalue weighted by atomic mass is 9.84. The van der Waals surface area contributed by atoms with Crippen LogP contribution < -0.4 is 4.72 Å². The average molecular weight is 353 g/mol. The van der Waals surface area contributed by atoms with Crippen molar-refractivity contribution in [3.8, 4) is 0 Å². The standard InChI is InChI=1S/C17H24FN3O2S/c1-17(2,3)24(22,23)21-12-6-4-11(5-7-12)14-10-15-13(19-14)8-9-16(18)20-15/h8-12,19,21H,4-7H2,1-3H3/t11-,12-. The molecule has 2 aromatic rings. The Morgan fingerprint density at radius 3 is 2.50 bits per heavy atom. The second-order valence-electron chi connectivity index (χ2n) is 7.57. The fourth-order valence-electron chi connectivity index (χ4n) is 3.14. The van der Waals surface area contributed by atoms with E-state index in [-0.39, 0.29) is 6.04 Å². The molecule has 0 aliphatic heterocycles. The first-order chi connectivity index (χ1) is 11.2. The van der Waals surface area contributed by atoms with Crippen molar-refractivity contribution in [3.05, 3.63) is 29.8 Å². The lowest BCUT2D eigenvalue weighted by molar-refractivity contribution is 0.368. The number of rotatable bonds is 3. The highest BCUT2D eigenvalue weighted by molar-refractivity contribution is 7.90. The van der Waals surface area contributed by atoms with Gasteiger partial charge < -0.3 is 4.98 Å². The minimum atomic E-state index is -3.31. The van der Waals surface area contributed by atoms with Gasteiger partial charge >= 0.3 is 0 Å². The summed E-state index contributed by atoms with van der Waals surface area (Å²) in [5.41, 5.74) is 2.53. The molecule has 5 nitrogen and oxygen atoms in total. The van der Waals surface area contributed by atoms with Gasteiger partial charge in [0.15, 0.2) is 0 Å². The number of nitrogens with one attached hydrogen (secondary N) is 2. The molecule has 132 valence electrons. The van der Waals surface area contributed by atoms with Gasteiger partial charge in [-0.1, -0.05) is 0 Å². The SMILES string of the molecule is CC(C)(C)S(=O)(=O)N[C@H]1CC[C@H](c2cc3nc(F)ccc3[nH]2)CC1. The molecule has 0 aromatic carbocycles. The topological polar surface area (TPSA) is 74.8 Å². The molecule has 1 saturated carbocycles. The number of halogens is 1. The van der Waals surface area contributed by atoms with Crippen molar-refractivity contribution in [2.75, 3.05) is 0 Å². The third-order valence-corrected chi connectivity index (χ3v) is 7.01. The van der Waals surface area contributed by atoms with Crippen molar-refractivity contribution >= 4 is 21.1 Å². The summed E-state index contributed by atoms with van der Waals surface area (Å²) in [4.78, 5) is 7.20. The number of hydrogen-bond acceptors (Lipinski definition) is 3. The molecule has 7 heteroatoms. The molecule has 3 rings (SSSR count). The number of nitrogens with zero attached hydrogens (tertiary/aromatic N) is 1. The summed E-state index contributed by atoms with van der Waals surface area (Å²) in [6.45, 7) is 5.12. The van der Waals surface area contributed by atoms with Gasteiger partial charge in [0.2, 0.25) is 16.0 Å². The van der Waals surface area contributed by atoms with E-state index in [1.807, 2.05) is 6.07 Å². The summed E-state index contributed by atoms with van der Waals surface area (Å²) < 4.78 is 39.8. The van der Waals surface area contributed by atoms with Gasteiger partial charge in [-0.05, 0) is 70.6 Å². The number of aromatic amines is 1. The van der Waals surface area contributed by atoms with E-state index in [1.54, 1.807) is 26.8 Å². The summed E-state index contributed by atoms with van der Waals surface area (Å²) in [5, 5.41) is 0. The highest BCUT2D eigenvalue weighted by Gasteiger charge is 2.33. The van der Waals surface area contributed by atoms with Gasteiger partial charge in [0.25, 0.3) is 0 Å². The molecule has 0 saturated heterocycles. The third-order valence-electron chi connectivity index (χ3n) is 4.76. The summed E-state index contributed by atoms with van der Waals surface area (Å²) in [6, 6.07) is 4.94. The summed E-state index contributed by atoms with van der Waals surface area (Å²) in [6.07, 6.45) is 3.40. The van der Waals surface area contributed by atoms with Crippen LogP contribution in [0.4, 0.5) is 4.39 Å². The minimum absolute atomic E-state index is 0.00887. The van der Waals surface area contributed by atoms with Crippen LogP contribution in [0.1, 0.15) is 58.1 Å². The Kier molecular flexibility index (Phi) is 4.42. The molecule has 2 heterocycles. The molecule has 1 aliphatic rings. The molecule has 1 fully saturated rings. The van der Waals surface area contributed by atoms with E-state index in [4.69, 9.17) is 0 Å². The molecular weight excluding hydrogens is 329 g/mol. The van der Waals surface area contributed by atoms with Crippen LogP contribution in [0.2, 0.25) is 0 Å². The molecule has 2 aromatic heterocycles. The predicted octanol–water partition coefficient (Wildman–Crippen LogP) is 3.45. The Bertz CT molecular complexity index is 831. The van der Waals surface area contributed by atoms with E-state index in [1.165, 1.54) is 6.07 Å². The van der Waals surface area contributed by atoms with E-state index >= 15 is 0 Å². The number of aromatic nitrogens is 2. The molecule has 0 spiro atoms. The van der Waals surface area contributed by atoms with E-state index < -0.39 is 20.7 Å². The first-order valence-corrected chi connectivity index (χ1v) is 9.81. The molecule has 24 heavy (non-hydrogen) atoms. The van der Waals surface area contributed by atoms with Gasteiger partial charge in [-0.2, -0.15) is 4.39 Å². The summed E-state index contributed by atoms with van der Waals surface area (Å²) in [5.74, 6) is -0.147. The summed E-state index contributed by atoms with van der Waals surface area (Å²) >= 11 is 0. The molecule has 0 radical (unpaired) electrons. The first kappa shape index (κ1) is 17.4. The van der Waals surface area contributed by atoms with Gasteiger partial charge in [0.1, 0.15) is 0 Å². The van der Waals surface area contributed by atoms with Crippen LogP contribution in [0, 0.1) is 5.95 Å². The zero-order valence-electron chi connectivity index (χ0n) is 14.3. The molecule has 2 N–H and O–H groups in total. The Balaban J connectivity index is 1.66. The largest absolute Gasteiger partial charge is 0.357 e. The van der Waals surface area contributed by atoms with Crippen molar-refractivity contribution in [3.63, 3.8) is 0 Å². The highest BCUT2D eigenvalue weighted by atomic mass is 32.2. The molecule has 0 bridgehead atoms. The van der Waals surface area contributed by atoms with Gasteiger partial charge in [0.05, 0.1) is 15.8 Å². The van der Waals surface area contributed by atoms with Gasteiger partial charge in [-0.3, -0.25) is 0 Å². The normalized spacial score (nSPS) is 22.8. The van der Waals surface area contributed by atoms with E-state index in [0.717, 1.165) is 36.9 Å². The van der Waals surface area contributed by atoms with Crippen molar-refractivity contribution in [2.24, 2.45) is 0 Å². The molecule has 0 unspecified atom stereocenters. The first-order valence-electron chi connectivity index (χ1n) is 8.33. The van der Waals surface area contributed by atoms with Crippen LogP contribution in [0.15, 0.2) is 18.2 Å². The van der Waals surface area contributed by atoms with Crippen LogP contribution in [0.5, 0.6) is 0 Å². The van der Waals surface area contributed by atoms with Crippen molar-refractivity contribution in [2.45, 2.75) is 63.2 Å². The fraction of sp³-hybridized carbons (Fsp3) is 0.588. The predicted molar refractivity (Wildman–Crippen MR) is 92.9 cm³/mol. The number of sulfonamides is 1. The van der Waals surface area contributed by atoms with Crippen LogP contribution in [-0.2, 0) is 10.0 Å². The number of H-pyrrole nitrogens is 1. The fourth-order valence-corrected chi connectivity index (χ4v) is 4.17. The van der Waals surface area contributed by atoms with Crippen molar-refractivity contribution < 1.29 is 12.8 Å². The van der Waals surface area contributed by atoms with Gasteiger partial charge in [-0.25, -0.2) is 18.1 Å². The Hall–Kier alpha value is -1.47. The maximum absolute atomic E-state index is 13.2. The zero-order chi connectivity index (χ0) is 17.5. The molecule has 0 atom stereocenters. The second-order valence-corrected chi connectivity index (χ2v) is 10.0. The monoisotopic (exact) mass is 353 g/mol. The van der Waals surface area contributed by atoms with E-state index in [2.05, 4.69) is 14.7 Å². The highest BCUT2D eigenvalue weighted by Crippen LogP contribution is 2.34. The Morgan fingerprint density at radius 1 is 1.21 bits per heavy atom. The average Bonchev–Trinajstić information content (AvgIpc) is 2.89. The van der Waals surface area contributed by atoms with Crippen LogP contribution >= 0.6 is 0 Å². The van der Waals surface area contributed by atoms with Gasteiger partial charge in [-0.15, -0.1) is 0 Å². The quantitative estimate of drug-likeness (QED) is 0.830. The number of hydrogen-bond donors (Lipinski definition) is 2. The van der Waals surface area contributed by atoms with Crippen LogP contribution in [0.25, 0.3) is 11.0 Å². The van der Waals surface area contributed by atoms with E-state index in [9.17, 15) is 12.8 Å². The number of fused-ring (bicyclic) bond motifs is 1. The van der Waals surface area contributed by atoms with Gasteiger partial charge in [0, 0.05) is 11.7 Å². The lowest BCUT2D eigenvalue weighted by Crippen LogP contribution is -2.45.